The van der Waals surface area contributed by atoms with E-state index in [2.05, 4.69) is 32.2 Å². The Kier molecular flexibility index (Phi) is 24.1. The minimum Gasteiger partial charge on any atom is -0.489 e. The number of ether oxygens (including phenoxy) is 4. The molecule has 0 atom stereocenters. The van der Waals surface area contributed by atoms with Gasteiger partial charge in [0.15, 0.2) is 0 Å². The van der Waals surface area contributed by atoms with Crippen molar-refractivity contribution in [1.82, 2.24) is 21.3 Å². The van der Waals surface area contributed by atoms with Crippen molar-refractivity contribution in [2.45, 2.75) is 66.2 Å². The topological polar surface area (TPSA) is 151 Å². The van der Waals surface area contributed by atoms with E-state index in [0.717, 1.165) is 33.8 Å². The lowest BCUT2D eigenvalue weighted by Crippen LogP contribution is -2.43. The van der Waals surface area contributed by atoms with Gasteiger partial charge in [0.1, 0.15) is 36.2 Å². The van der Waals surface area contributed by atoms with Gasteiger partial charge in [0.2, 0.25) is 0 Å². The third-order valence-corrected chi connectivity index (χ3v) is 9.98. The number of hydrazine groups is 2. The van der Waals surface area contributed by atoms with Gasteiger partial charge in [-0.3, -0.25) is 20.4 Å². The number of aliphatic hydroxyl groups excluding tert-OH is 2. The predicted octanol–water partition coefficient (Wildman–Crippen LogP) is 10.4. The molecule has 0 bridgehead atoms. The van der Waals surface area contributed by atoms with Crippen LogP contribution in [0, 0.1) is 0 Å². The number of hydrogen-bond donors (Lipinski definition) is 5. The van der Waals surface area contributed by atoms with Crippen molar-refractivity contribution in [3.63, 3.8) is 0 Å². The molecule has 0 radical (unpaired) electrons. The summed E-state index contributed by atoms with van der Waals surface area (Å²) in [6, 6.07) is 45.3. The summed E-state index contributed by atoms with van der Waals surface area (Å²) in [7, 11) is 0. The van der Waals surface area contributed by atoms with Crippen LogP contribution < -0.4 is 35.2 Å². The van der Waals surface area contributed by atoms with E-state index in [1.807, 2.05) is 137 Å². The number of amides is 2. The minimum atomic E-state index is -0.315. The number of alkyl halides is 1. The first-order valence-electron chi connectivity index (χ1n) is 21.7. The predicted molar refractivity (Wildman–Crippen MR) is 269 cm³/mol. The van der Waals surface area contributed by atoms with Gasteiger partial charge in [0.25, 0.3) is 11.8 Å². The van der Waals surface area contributed by atoms with E-state index in [1.54, 1.807) is 41.4 Å². The maximum absolute atomic E-state index is 12.7. The smallest absolute Gasteiger partial charge is 0.265 e. The van der Waals surface area contributed by atoms with Gasteiger partial charge in [0.05, 0.1) is 35.5 Å². The summed E-state index contributed by atoms with van der Waals surface area (Å²) < 4.78 is 22.8. The highest BCUT2D eigenvalue weighted by Gasteiger charge is 2.15. The Hall–Kier alpha value is -5.64. The Balaban J connectivity index is 0.000000272. The van der Waals surface area contributed by atoms with Crippen molar-refractivity contribution < 1.29 is 38.7 Å². The molecule has 0 aliphatic carbocycles. The van der Waals surface area contributed by atoms with Gasteiger partial charge in [-0.15, -0.1) is 0 Å². The maximum Gasteiger partial charge on any atom is 0.265 e. The number of hydrogen-bond acceptors (Lipinski definition) is 10. The molecule has 0 aliphatic heterocycles. The number of carbonyl (C=O) groups is 2. The van der Waals surface area contributed by atoms with Crippen LogP contribution in [0.1, 0.15) is 70.7 Å². The lowest BCUT2D eigenvalue weighted by Gasteiger charge is -2.23. The standard InChI is InChI=1S/C26H29ClN2O4.C24H25ClN2O3.C2H5BrO/c1-19(2)33-25-13-10-22(16-24(25)27)26(31)28-29(14-15-30)17-20-8-11-23(12-9-20)32-18-21-6-4-3-5-7-21;1-17(2)30-23-13-10-20(14-22(23)25)24(28)27-26-15-18-8-11-21(12-9-18)29-16-19-6-4-3-5-7-19;3-1-2-4/h3-13,16,19,30H,14-15,17-18H2,1-2H3,(H,28,31);3-14,17,26H,15-16H2,1-2H3,(H,27,28);4H,1-2H2. The van der Waals surface area contributed by atoms with Crippen molar-refractivity contribution >= 4 is 50.9 Å². The fourth-order valence-electron chi connectivity index (χ4n) is 5.88. The summed E-state index contributed by atoms with van der Waals surface area (Å²) >= 11 is 15.4. The summed E-state index contributed by atoms with van der Waals surface area (Å²) in [6.45, 7) is 10.00. The fraction of sp³-hybridized carbons (Fsp3) is 0.269. The molecule has 0 fully saturated rings. The van der Waals surface area contributed by atoms with Crippen LogP contribution in [0.2, 0.25) is 10.0 Å². The number of aliphatic hydroxyl groups is 2. The quantitative estimate of drug-likeness (QED) is 0.0348. The molecule has 356 valence electrons. The summed E-state index contributed by atoms with van der Waals surface area (Å²) in [5.74, 6) is 2.07. The molecule has 0 spiro atoms. The van der Waals surface area contributed by atoms with Crippen LogP contribution in [0.15, 0.2) is 146 Å². The van der Waals surface area contributed by atoms with E-state index in [1.165, 1.54) is 0 Å². The second-order valence-corrected chi connectivity index (χ2v) is 16.9. The third-order valence-electron chi connectivity index (χ3n) is 9.04. The molecule has 15 heteroatoms. The number of nitrogens with zero attached hydrogens (tertiary/aromatic N) is 1. The summed E-state index contributed by atoms with van der Waals surface area (Å²) in [5, 5.41) is 20.4. The molecule has 6 rings (SSSR count). The normalized spacial score (nSPS) is 10.6. The van der Waals surface area contributed by atoms with E-state index >= 15 is 0 Å². The molecule has 0 saturated carbocycles. The van der Waals surface area contributed by atoms with Gasteiger partial charge in [-0.1, -0.05) is 124 Å². The summed E-state index contributed by atoms with van der Waals surface area (Å²) in [4.78, 5) is 25.0. The van der Waals surface area contributed by atoms with Gasteiger partial charge in [-0.25, -0.2) is 10.4 Å². The lowest BCUT2D eigenvalue weighted by atomic mass is 10.2. The Morgan fingerprint density at radius 1 is 0.597 bits per heavy atom. The largest absolute Gasteiger partial charge is 0.489 e. The molecule has 12 nitrogen and oxygen atoms in total. The Labute approximate surface area is 412 Å². The molecule has 0 aromatic heterocycles. The molecule has 2 amide bonds. The molecule has 0 aliphatic rings. The number of halogens is 3. The first-order valence-corrected chi connectivity index (χ1v) is 23.6. The zero-order valence-electron chi connectivity index (χ0n) is 38.1. The first-order chi connectivity index (χ1) is 32.4. The van der Waals surface area contributed by atoms with E-state index in [9.17, 15) is 14.7 Å². The Bertz CT molecular complexity index is 2360. The zero-order chi connectivity index (χ0) is 48.4. The first kappa shape index (κ1) is 54.0. The van der Waals surface area contributed by atoms with Gasteiger partial charge in [-0.2, -0.15) is 0 Å². The number of rotatable bonds is 21. The highest BCUT2D eigenvalue weighted by Crippen LogP contribution is 2.28. The second kappa shape index (κ2) is 29.9. The minimum absolute atomic E-state index is 0.0129. The molecule has 0 unspecified atom stereocenters. The van der Waals surface area contributed by atoms with Crippen LogP contribution in [0.4, 0.5) is 0 Å². The van der Waals surface area contributed by atoms with E-state index in [4.69, 9.17) is 47.3 Å². The number of carbonyl (C=O) groups excluding carboxylic acids is 2. The zero-order valence-corrected chi connectivity index (χ0v) is 41.2. The van der Waals surface area contributed by atoms with Crippen LogP contribution in [0.25, 0.3) is 0 Å². The average Bonchev–Trinajstić information content (AvgIpc) is 3.33. The van der Waals surface area contributed by atoms with E-state index < -0.39 is 0 Å². The van der Waals surface area contributed by atoms with Crippen LogP contribution >= 0.6 is 39.1 Å². The Morgan fingerprint density at radius 2 is 1.04 bits per heavy atom. The van der Waals surface area contributed by atoms with Crippen molar-refractivity contribution in [2.24, 2.45) is 0 Å². The molecule has 0 saturated heterocycles. The highest BCUT2D eigenvalue weighted by atomic mass is 79.9. The van der Waals surface area contributed by atoms with Gasteiger partial charge < -0.3 is 29.2 Å². The van der Waals surface area contributed by atoms with Crippen LogP contribution in [0.5, 0.6) is 23.0 Å². The van der Waals surface area contributed by atoms with Crippen molar-refractivity contribution in [3.8, 4) is 23.0 Å². The van der Waals surface area contributed by atoms with Crippen LogP contribution in [-0.4, -0.2) is 64.3 Å². The maximum atomic E-state index is 12.7. The van der Waals surface area contributed by atoms with E-state index in [0.29, 0.717) is 64.3 Å². The second-order valence-electron chi connectivity index (χ2n) is 15.3. The van der Waals surface area contributed by atoms with E-state index in [-0.39, 0.29) is 43.8 Å². The van der Waals surface area contributed by atoms with Crippen molar-refractivity contribution in [3.05, 3.63) is 189 Å². The molecule has 67 heavy (non-hydrogen) atoms. The molecule has 6 aromatic rings. The number of benzene rings is 6. The van der Waals surface area contributed by atoms with Gasteiger partial charge in [0, 0.05) is 36.1 Å². The van der Waals surface area contributed by atoms with Crippen molar-refractivity contribution in [1.29, 1.82) is 0 Å². The van der Waals surface area contributed by atoms with Crippen molar-refractivity contribution in [2.75, 3.05) is 25.1 Å². The molecule has 0 heterocycles. The molecular weight excluding hydrogens is 959 g/mol. The average molecular weight is 1020 g/mol. The molecular formula is C52H59BrCl2N4O8. The third kappa shape index (κ3) is 20.4. The summed E-state index contributed by atoms with van der Waals surface area (Å²) in [6.07, 6.45) is -0.00341. The SMILES string of the molecule is CC(C)Oc1ccc(C(=O)NN(CCO)Cc2ccc(OCc3ccccc3)cc2)cc1Cl.CC(C)Oc1ccc(C(=O)NNCc2ccc(OCc3ccccc3)cc2)cc1Cl.OCCBr. The highest BCUT2D eigenvalue weighted by molar-refractivity contribution is 9.09. The fourth-order valence-corrected chi connectivity index (χ4v) is 6.33. The number of nitrogens with one attached hydrogen (secondary N) is 3. The monoisotopic (exact) mass is 1020 g/mol. The molecule has 6 aromatic carbocycles. The van der Waals surface area contributed by atoms with Gasteiger partial charge >= 0.3 is 0 Å². The van der Waals surface area contributed by atoms with Gasteiger partial charge in [-0.05, 0) is 111 Å². The van der Waals surface area contributed by atoms with Crippen LogP contribution in [-0.2, 0) is 26.3 Å². The van der Waals surface area contributed by atoms with Crippen LogP contribution in [0.3, 0.4) is 0 Å². The molecule has 5 N–H and O–H groups in total. The lowest BCUT2D eigenvalue weighted by molar-refractivity contribution is 0.0731. The summed E-state index contributed by atoms with van der Waals surface area (Å²) in [5.41, 5.74) is 13.5. The Morgan fingerprint density at radius 3 is 1.46 bits per heavy atom.